The fourth-order valence-electron chi connectivity index (χ4n) is 6.55. The number of benzene rings is 1. The largest absolute Gasteiger partial charge is 0.491 e. The quantitative estimate of drug-likeness (QED) is 0.605. The number of ether oxygens (including phenoxy) is 1. The van der Waals surface area contributed by atoms with Crippen LogP contribution in [0.5, 0.6) is 5.75 Å². The second kappa shape index (κ2) is 9.03. The van der Waals surface area contributed by atoms with E-state index in [4.69, 9.17) is 16.3 Å². The summed E-state index contributed by atoms with van der Waals surface area (Å²) in [6.45, 7) is 5.27. The van der Waals surface area contributed by atoms with Crippen molar-refractivity contribution in [1.29, 1.82) is 0 Å². The van der Waals surface area contributed by atoms with Crippen molar-refractivity contribution in [1.82, 2.24) is 9.88 Å². The van der Waals surface area contributed by atoms with E-state index in [0.29, 0.717) is 30.0 Å². The van der Waals surface area contributed by atoms with Gasteiger partial charge in [-0.2, -0.15) is 0 Å². The van der Waals surface area contributed by atoms with Gasteiger partial charge in [-0.3, -0.25) is 19.4 Å². The number of rotatable bonds is 5. The SMILES string of the molecule is CC1CC(N2C(=O)CCc3cc(OCCN4CCC5(CC4)C(=O)N(C)c4ccc(Cl)cc45)cnc32)C1. The van der Waals surface area contributed by atoms with Gasteiger partial charge in [0.05, 0.1) is 11.6 Å². The predicted molar refractivity (Wildman–Crippen MR) is 140 cm³/mol. The van der Waals surface area contributed by atoms with E-state index in [1.165, 1.54) is 0 Å². The molecule has 2 aromatic rings. The van der Waals surface area contributed by atoms with E-state index < -0.39 is 5.41 Å². The maximum Gasteiger partial charge on any atom is 0.237 e. The monoisotopic (exact) mass is 508 g/mol. The van der Waals surface area contributed by atoms with Crippen LogP contribution in [-0.4, -0.2) is 61.0 Å². The zero-order valence-electron chi connectivity index (χ0n) is 21.0. The standard InChI is InChI=1S/C28H33ClN4O3/c1-18-13-21(14-18)33-25(34)6-3-19-15-22(17-30-26(19)33)36-12-11-32-9-7-28(8-10-32)23-16-20(29)4-5-24(23)31(2)27(28)35/h4-5,15-18,21H,3,6-14H2,1-2H3. The highest BCUT2D eigenvalue weighted by molar-refractivity contribution is 6.31. The molecule has 8 heteroatoms. The Morgan fingerprint density at radius 2 is 1.92 bits per heavy atom. The van der Waals surface area contributed by atoms with Crippen LogP contribution in [0.4, 0.5) is 11.5 Å². The molecule has 3 aliphatic heterocycles. The summed E-state index contributed by atoms with van der Waals surface area (Å²) < 4.78 is 6.08. The van der Waals surface area contributed by atoms with Crippen LogP contribution < -0.4 is 14.5 Å². The number of carbonyl (C=O) groups excluding carboxylic acids is 2. The summed E-state index contributed by atoms with van der Waals surface area (Å²) in [5, 5.41) is 0.681. The summed E-state index contributed by atoms with van der Waals surface area (Å²) in [5.41, 5.74) is 2.69. The number of hydrogen-bond donors (Lipinski definition) is 0. The Kier molecular flexibility index (Phi) is 5.96. The molecule has 2 fully saturated rings. The molecule has 0 radical (unpaired) electrons. The van der Waals surface area contributed by atoms with E-state index in [2.05, 4.69) is 22.9 Å². The van der Waals surface area contributed by atoms with Crippen LogP contribution in [-0.2, 0) is 21.4 Å². The molecule has 1 aromatic carbocycles. The van der Waals surface area contributed by atoms with Gasteiger partial charge in [0.1, 0.15) is 18.2 Å². The number of fused-ring (bicyclic) bond motifs is 3. The number of anilines is 2. The summed E-state index contributed by atoms with van der Waals surface area (Å²) in [4.78, 5) is 36.5. The smallest absolute Gasteiger partial charge is 0.237 e. The molecule has 4 heterocycles. The Hall–Kier alpha value is -2.64. The highest BCUT2D eigenvalue weighted by atomic mass is 35.5. The number of pyridine rings is 1. The van der Waals surface area contributed by atoms with E-state index in [1.54, 1.807) is 11.1 Å². The minimum Gasteiger partial charge on any atom is -0.491 e. The number of carbonyl (C=O) groups is 2. The molecule has 1 saturated carbocycles. The molecule has 1 spiro atoms. The first-order valence-electron chi connectivity index (χ1n) is 13.1. The van der Waals surface area contributed by atoms with Gasteiger partial charge in [0, 0.05) is 36.8 Å². The molecular weight excluding hydrogens is 476 g/mol. The van der Waals surface area contributed by atoms with Crippen molar-refractivity contribution in [2.75, 3.05) is 43.1 Å². The van der Waals surface area contributed by atoms with Crippen molar-refractivity contribution < 1.29 is 14.3 Å². The lowest BCUT2D eigenvalue weighted by Crippen LogP contribution is -2.49. The molecule has 6 rings (SSSR count). The Labute approximate surface area is 217 Å². The molecule has 4 aliphatic rings. The molecule has 1 aromatic heterocycles. The van der Waals surface area contributed by atoms with Crippen molar-refractivity contribution in [2.24, 2.45) is 5.92 Å². The minimum atomic E-state index is -0.462. The summed E-state index contributed by atoms with van der Waals surface area (Å²) in [6, 6.07) is 8.14. The van der Waals surface area contributed by atoms with Gasteiger partial charge >= 0.3 is 0 Å². The third-order valence-electron chi connectivity index (χ3n) is 8.67. The van der Waals surface area contributed by atoms with E-state index in [1.807, 2.05) is 30.1 Å². The van der Waals surface area contributed by atoms with Crippen LogP contribution in [0, 0.1) is 5.92 Å². The average Bonchev–Trinajstić information content (AvgIpc) is 3.05. The van der Waals surface area contributed by atoms with Crippen LogP contribution in [0.2, 0.25) is 5.02 Å². The molecule has 36 heavy (non-hydrogen) atoms. The van der Waals surface area contributed by atoms with Crippen molar-refractivity contribution in [3.05, 3.63) is 46.6 Å². The summed E-state index contributed by atoms with van der Waals surface area (Å²) in [7, 11) is 1.86. The first-order chi connectivity index (χ1) is 17.4. The molecular formula is C28H33ClN4O3. The number of aromatic nitrogens is 1. The van der Waals surface area contributed by atoms with Crippen molar-refractivity contribution in [3.8, 4) is 5.75 Å². The van der Waals surface area contributed by atoms with Crippen LogP contribution in [0.1, 0.15) is 50.2 Å². The minimum absolute atomic E-state index is 0.180. The van der Waals surface area contributed by atoms with Gasteiger partial charge in [0.2, 0.25) is 11.8 Å². The van der Waals surface area contributed by atoms with Crippen LogP contribution in [0.25, 0.3) is 0 Å². The van der Waals surface area contributed by atoms with Crippen LogP contribution in [0.3, 0.4) is 0 Å². The number of likely N-dealkylation sites (tertiary alicyclic amines) is 1. The van der Waals surface area contributed by atoms with Gasteiger partial charge in [0.15, 0.2) is 0 Å². The summed E-state index contributed by atoms with van der Waals surface area (Å²) in [6.07, 6.45) is 6.71. The lowest BCUT2D eigenvalue weighted by molar-refractivity contribution is -0.124. The van der Waals surface area contributed by atoms with Gasteiger partial charge < -0.3 is 9.64 Å². The van der Waals surface area contributed by atoms with Crippen LogP contribution in [0.15, 0.2) is 30.5 Å². The molecule has 1 aliphatic carbocycles. The third kappa shape index (κ3) is 3.88. The predicted octanol–water partition coefficient (Wildman–Crippen LogP) is 4.20. The second-order valence-electron chi connectivity index (χ2n) is 10.9. The second-order valence-corrected chi connectivity index (χ2v) is 11.4. The van der Waals surface area contributed by atoms with Gasteiger partial charge in [0.25, 0.3) is 0 Å². The Morgan fingerprint density at radius 3 is 2.67 bits per heavy atom. The van der Waals surface area contributed by atoms with Crippen molar-refractivity contribution in [3.63, 3.8) is 0 Å². The number of amides is 2. The number of aryl methyl sites for hydroxylation is 1. The first-order valence-corrected chi connectivity index (χ1v) is 13.5. The van der Waals surface area contributed by atoms with Crippen molar-refractivity contribution >= 4 is 34.9 Å². The molecule has 0 N–H and O–H groups in total. The lowest BCUT2D eigenvalue weighted by atomic mass is 9.73. The number of piperidine rings is 1. The highest BCUT2D eigenvalue weighted by Crippen LogP contribution is 2.48. The van der Waals surface area contributed by atoms with Gasteiger partial charge in [-0.25, -0.2) is 4.98 Å². The molecule has 0 atom stereocenters. The lowest BCUT2D eigenvalue weighted by Gasteiger charge is -2.43. The average molecular weight is 509 g/mol. The third-order valence-corrected chi connectivity index (χ3v) is 8.91. The van der Waals surface area contributed by atoms with E-state index in [9.17, 15) is 9.59 Å². The molecule has 2 amide bonds. The Bertz CT molecular complexity index is 1200. The van der Waals surface area contributed by atoms with Crippen molar-refractivity contribution in [2.45, 2.75) is 56.9 Å². The summed E-state index contributed by atoms with van der Waals surface area (Å²) in [5.74, 6) is 2.64. The number of nitrogens with zero attached hydrogens (tertiary/aromatic N) is 4. The highest BCUT2D eigenvalue weighted by Gasteiger charge is 2.51. The molecule has 0 bridgehead atoms. The molecule has 7 nitrogen and oxygen atoms in total. The Morgan fingerprint density at radius 1 is 1.14 bits per heavy atom. The first kappa shape index (κ1) is 23.7. The summed E-state index contributed by atoms with van der Waals surface area (Å²) >= 11 is 6.29. The zero-order chi connectivity index (χ0) is 25.0. The van der Waals surface area contributed by atoms with E-state index in [0.717, 1.165) is 80.1 Å². The zero-order valence-corrected chi connectivity index (χ0v) is 21.8. The fraction of sp³-hybridized carbons (Fsp3) is 0.536. The normalized spacial score (nSPS) is 25.1. The fourth-order valence-corrected chi connectivity index (χ4v) is 6.72. The topological polar surface area (TPSA) is 66.0 Å². The molecule has 1 saturated heterocycles. The number of hydrogen-bond acceptors (Lipinski definition) is 5. The molecule has 0 unspecified atom stereocenters. The number of halogens is 1. The van der Waals surface area contributed by atoms with Gasteiger partial charge in [-0.1, -0.05) is 18.5 Å². The van der Waals surface area contributed by atoms with Gasteiger partial charge in [-0.05, 0) is 86.5 Å². The number of likely N-dealkylation sites (N-methyl/N-ethyl adjacent to an activating group) is 1. The van der Waals surface area contributed by atoms with E-state index in [-0.39, 0.29) is 11.8 Å². The van der Waals surface area contributed by atoms with Crippen LogP contribution >= 0.6 is 11.6 Å². The van der Waals surface area contributed by atoms with E-state index >= 15 is 0 Å². The Balaban J connectivity index is 1.06. The maximum absolute atomic E-state index is 13.2. The van der Waals surface area contributed by atoms with Gasteiger partial charge in [-0.15, -0.1) is 0 Å². The maximum atomic E-state index is 13.2. The molecule has 190 valence electrons.